The molecule has 0 unspecified atom stereocenters. The van der Waals surface area contributed by atoms with Crippen LogP contribution in [0.3, 0.4) is 0 Å². The van der Waals surface area contributed by atoms with Crippen molar-refractivity contribution in [3.8, 4) is 5.75 Å². The number of carbonyl (C=O) groups is 3. The summed E-state index contributed by atoms with van der Waals surface area (Å²) >= 11 is 0. The molecule has 0 heterocycles. The van der Waals surface area contributed by atoms with Crippen LogP contribution in [-0.2, 0) is 14.4 Å². The Morgan fingerprint density at radius 3 is 2.37 bits per heavy atom. The molecule has 0 atom stereocenters. The second-order valence-electron chi connectivity index (χ2n) is 8.07. The maximum absolute atomic E-state index is 12.4. The molecule has 0 spiro atoms. The molecule has 0 aliphatic heterocycles. The van der Waals surface area contributed by atoms with Crippen LogP contribution in [0.15, 0.2) is 65.8 Å². The van der Waals surface area contributed by atoms with E-state index in [0.717, 1.165) is 27.9 Å². The van der Waals surface area contributed by atoms with Gasteiger partial charge in [-0.2, -0.15) is 5.10 Å². The molecule has 3 amide bonds. The largest absolute Gasteiger partial charge is 0.483 e. The topological polar surface area (TPSA) is 109 Å². The van der Waals surface area contributed by atoms with Crippen LogP contribution in [0.1, 0.15) is 27.8 Å². The SMILES string of the molecule is Cc1ccc(NC(=O)C(=O)N/N=C\c2ccccc2OCC(=O)Nc2cccc(C)c2C)cc1C. The summed E-state index contributed by atoms with van der Waals surface area (Å²) in [6.45, 7) is 7.59. The van der Waals surface area contributed by atoms with E-state index in [4.69, 9.17) is 4.74 Å². The third-order valence-corrected chi connectivity index (χ3v) is 5.50. The number of amides is 3. The Morgan fingerprint density at radius 2 is 1.60 bits per heavy atom. The number of ether oxygens (including phenoxy) is 1. The number of para-hydroxylation sites is 1. The van der Waals surface area contributed by atoms with Crippen molar-refractivity contribution in [2.24, 2.45) is 5.10 Å². The number of aryl methyl sites for hydroxylation is 3. The number of benzene rings is 3. The smallest absolute Gasteiger partial charge is 0.329 e. The predicted octanol–water partition coefficient (Wildman–Crippen LogP) is 4.03. The molecule has 3 aromatic carbocycles. The van der Waals surface area contributed by atoms with Gasteiger partial charge in [0, 0.05) is 16.9 Å². The zero-order chi connectivity index (χ0) is 25.4. The van der Waals surface area contributed by atoms with Crippen molar-refractivity contribution in [2.45, 2.75) is 27.7 Å². The Balaban J connectivity index is 1.55. The number of carbonyl (C=O) groups excluding carboxylic acids is 3. The van der Waals surface area contributed by atoms with Gasteiger partial charge in [-0.15, -0.1) is 0 Å². The first-order chi connectivity index (χ1) is 16.7. The molecule has 0 aliphatic rings. The molecule has 0 fully saturated rings. The Morgan fingerprint density at radius 1 is 0.829 bits per heavy atom. The molecule has 0 saturated carbocycles. The van der Waals surface area contributed by atoms with Crippen LogP contribution in [0.5, 0.6) is 5.75 Å². The van der Waals surface area contributed by atoms with E-state index in [2.05, 4.69) is 21.2 Å². The zero-order valence-electron chi connectivity index (χ0n) is 20.1. The highest BCUT2D eigenvalue weighted by atomic mass is 16.5. The molecule has 8 nitrogen and oxygen atoms in total. The average molecular weight is 473 g/mol. The molecule has 180 valence electrons. The molecular formula is C27H28N4O4. The second kappa shape index (κ2) is 11.6. The van der Waals surface area contributed by atoms with Gasteiger partial charge in [-0.3, -0.25) is 14.4 Å². The number of hydrogen-bond donors (Lipinski definition) is 3. The van der Waals surface area contributed by atoms with Crippen LogP contribution in [0.25, 0.3) is 0 Å². The maximum Gasteiger partial charge on any atom is 0.329 e. The van der Waals surface area contributed by atoms with Gasteiger partial charge < -0.3 is 15.4 Å². The summed E-state index contributed by atoms with van der Waals surface area (Å²) in [5.74, 6) is -1.65. The zero-order valence-corrected chi connectivity index (χ0v) is 20.1. The number of nitrogens with one attached hydrogen (secondary N) is 3. The first-order valence-corrected chi connectivity index (χ1v) is 11.0. The lowest BCUT2D eigenvalue weighted by molar-refractivity contribution is -0.136. The molecule has 35 heavy (non-hydrogen) atoms. The minimum atomic E-state index is -0.911. The van der Waals surface area contributed by atoms with Crippen LogP contribution in [0.4, 0.5) is 11.4 Å². The summed E-state index contributed by atoms with van der Waals surface area (Å²) in [7, 11) is 0. The Labute approximate surface area is 204 Å². The van der Waals surface area contributed by atoms with Gasteiger partial charge in [0.15, 0.2) is 6.61 Å². The molecule has 0 aliphatic carbocycles. The lowest BCUT2D eigenvalue weighted by Gasteiger charge is -2.12. The van der Waals surface area contributed by atoms with Crippen LogP contribution >= 0.6 is 0 Å². The predicted molar refractivity (Wildman–Crippen MR) is 137 cm³/mol. The van der Waals surface area contributed by atoms with Gasteiger partial charge in [-0.05, 0) is 80.3 Å². The number of rotatable bonds is 7. The normalized spacial score (nSPS) is 10.6. The fourth-order valence-electron chi connectivity index (χ4n) is 3.15. The molecule has 0 aromatic heterocycles. The number of hydrogen-bond acceptors (Lipinski definition) is 5. The average Bonchev–Trinajstić information content (AvgIpc) is 2.83. The van der Waals surface area contributed by atoms with Gasteiger partial charge in [-0.25, -0.2) is 5.43 Å². The van der Waals surface area contributed by atoms with Gasteiger partial charge in [0.2, 0.25) is 0 Å². The molecule has 0 radical (unpaired) electrons. The number of anilines is 2. The summed E-state index contributed by atoms with van der Waals surface area (Å²) < 4.78 is 5.65. The van der Waals surface area contributed by atoms with Gasteiger partial charge in [-0.1, -0.05) is 30.3 Å². The van der Waals surface area contributed by atoms with Gasteiger partial charge in [0.05, 0.1) is 6.21 Å². The lowest BCUT2D eigenvalue weighted by Crippen LogP contribution is -2.32. The molecule has 0 saturated heterocycles. The van der Waals surface area contributed by atoms with Crippen LogP contribution < -0.4 is 20.8 Å². The minimum Gasteiger partial charge on any atom is -0.483 e. The van der Waals surface area contributed by atoms with E-state index in [9.17, 15) is 14.4 Å². The fraction of sp³-hybridized carbons (Fsp3) is 0.185. The molecule has 3 N–H and O–H groups in total. The standard InChI is InChI=1S/C27H28N4O4/c1-17-12-13-22(14-19(17)3)29-26(33)27(34)31-28-15-21-9-5-6-11-24(21)35-16-25(32)30-23-10-7-8-18(2)20(23)4/h5-15H,16H2,1-4H3,(H,29,33)(H,30,32)(H,31,34)/b28-15-. The van der Waals surface area contributed by atoms with E-state index in [1.54, 1.807) is 36.4 Å². The van der Waals surface area contributed by atoms with Crippen molar-refractivity contribution in [1.82, 2.24) is 5.43 Å². The van der Waals surface area contributed by atoms with Crippen LogP contribution in [-0.4, -0.2) is 30.5 Å². The number of nitrogens with zero attached hydrogens (tertiary/aromatic N) is 1. The van der Waals surface area contributed by atoms with Gasteiger partial charge in [0.25, 0.3) is 5.91 Å². The Bertz CT molecular complexity index is 1280. The molecule has 3 aromatic rings. The van der Waals surface area contributed by atoms with Crippen molar-refractivity contribution >= 4 is 35.3 Å². The fourth-order valence-corrected chi connectivity index (χ4v) is 3.15. The first-order valence-electron chi connectivity index (χ1n) is 11.0. The Hall–Kier alpha value is -4.46. The van der Waals surface area contributed by atoms with Crippen molar-refractivity contribution in [3.63, 3.8) is 0 Å². The van der Waals surface area contributed by atoms with E-state index in [1.807, 2.05) is 52.0 Å². The lowest BCUT2D eigenvalue weighted by atomic mass is 10.1. The first kappa shape index (κ1) is 25.2. The van der Waals surface area contributed by atoms with Gasteiger partial charge in [0.1, 0.15) is 5.75 Å². The molecular weight excluding hydrogens is 444 g/mol. The van der Waals surface area contributed by atoms with E-state index in [0.29, 0.717) is 17.0 Å². The minimum absolute atomic E-state index is 0.205. The maximum atomic E-state index is 12.4. The highest BCUT2D eigenvalue weighted by Gasteiger charge is 2.13. The van der Waals surface area contributed by atoms with Crippen molar-refractivity contribution < 1.29 is 19.1 Å². The molecule has 8 heteroatoms. The quantitative estimate of drug-likeness (QED) is 0.274. The highest BCUT2D eigenvalue weighted by Crippen LogP contribution is 2.19. The summed E-state index contributed by atoms with van der Waals surface area (Å²) in [5.41, 5.74) is 8.14. The third kappa shape index (κ3) is 7.01. The van der Waals surface area contributed by atoms with Crippen molar-refractivity contribution in [3.05, 3.63) is 88.5 Å². The van der Waals surface area contributed by atoms with E-state index < -0.39 is 11.8 Å². The van der Waals surface area contributed by atoms with Crippen LogP contribution in [0, 0.1) is 27.7 Å². The summed E-state index contributed by atoms with van der Waals surface area (Å²) in [4.78, 5) is 36.6. The number of hydrazone groups is 1. The van der Waals surface area contributed by atoms with Gasteiger partial charge >= 0.3 is 11.8 Å². The molecule has 3 rings (SSSR count). The summed E-state index contributed by atoms with van der Waals surface area (Å²) in [6.07, 6.45) is 1.35. The monoisotopic (exact) mass is 472 g/mol. The molecule has 0 bridgehead atoms. The third-order valence-electron chi connectivity index (χ3n) is 5.50. The summed E-state index contributed by atoms with van der Waals surface area (Å²) in [6, 6.07) is 18.0. The van der Waals surface area contributed by atoms with Crippen molar-refractivity contribution in [1.29, 1.82) is 0 Å². The highest BCUT2D eigenvalue weighted by molar-refractivity contribution is 6.39. The van der Waals surface area contributed by atoms with Crippen molar-refractivity contribution in [2.75, 3.05) is 17.2 Å². The van der Waals surface area contributed by atoms with E-state index in [1.165, 1.54) is 6.21 Å². The van der Waals surface area contributed by atoms with E-state index in [-0.39, 0.29) is 12.5 Å². The summed E-state index contributed by atoms with van der Waals surface area (Å²) in [5, 5.41) is 9.22. The Kier molecular flexibility index (Phi) is 8.34. The second-order valence-corrected chi connectivity index (χ2v) is 8.07. The van der Waals surface area contributed by atoms with Crippen LogP contribution in [0.2, 0.25) is 0 Å². The van der Waals surface area contributed by atoms with E-state index >= 15 is 0 Å².